The third-order valence-electron chi connectivity index (χ3n) is 4.97. The first-order valence-electron chi connectivity index (χ1n) is 7.15. The monoisotopic (exact) mass is 224 g/mol. The first kappa shape index (κ1) is 12.4. The largest absolute Gasteiger partial charge is 0.315 e. The second-order valence-electron chi connectivity index (χ2n) is 5.95. The summed E-state index contributed by atoms with van der Waals surface area (Å²) in [5.41, 5.74) is 0. The van der Waals surface area contributed by atoms with Crippen molar-refractivity contribution >= 4 is 0 Å². The summed E-state index contributed by atoms with van der Waals surface area (Å²) in [5.74, 6) is 1.85. The molecule has 0 amide bonds. The molecule has 2 fully saturated rings. The van der Waals surface area contributed by atoms with Gasteiger partial charge in [0, 0.05) is 18.6 Å². The van der Waals surface area contributed by atoms with E-state index in [0.717, 1.165) is 23.9 Å². The molecule has 2 nitrogen and oxygen atoms in total. The summed E-state index contributed by atoms with van der Waals surface area (Å²) in [6.45, 7) is 7.14. The highest BCUT2D eigenvalue weighted by Crippen LogP contribution is 2.31. The van der Waals surface area contributed by atoms with E-state index in [9.17, 15) is 0 Å². The van der Waals surface area contributed by atoms with E-state index in [1.54, 1.807) is 0 Å². The third kappa shape index (κ3) is 2.60. The fourth-order valence-electron chi connectivity index (χ4n) is 3.57. The van der Waals surface area contributed by atoms with Crippen molar-refractivity contribution in [2.75, 3.05) is 20.1 Å². The molecule has 94 valence electrons. The van der Waals surface area contributed by atoms with E-state index < -0.39 is 0 Å². The highest BCUT2D eigenvalue weighted by atomic mass is 15.2. The van der Waals surface area contributed by atoms with Crippen molar-refractivity contribution in [3.63, 3.8) is 0 Å². The van der Waals surface area contributed by atoms with Crippen LogP contribution in [0.25, 0.3) is 0 Å². The highest BCUT2D eigenvalue weighted by molar-refractivity contribution is 4.89. The zero-order valence-corrected chi connectivity index (χ0v) is 11.2. The molecule has 0 bridgehead atoms. The summed E-state index contributed by atoms with van der Waals surface area (Å²) >= 11 is 0. The Morgan fingerprint density at radius 1 is 1.12 bits per heavy atom. The van der Waals surface area contributed by atoms with E-state index in [1.165, 1.54) is 45.2 Å². The molecule has 2 atom stereocenters. The maximum atomic E-state index is 3.52. The molecule has 2 heteroatoms. The van der Waals surface area contributed by atoms with Crippen LogP contribution in [0.4, 0.5) is 0 Å². The third-order valence-corrected chi connectivity index (χ3v) is 4.97. The molecule has 1 aliphatic carbocycles. The Morgan fingerprint density at radius 2 is 1.81 bits per heavy atom. The van der Waals surface area contributed by atoms with Crippen molar-refractivity contribution < 1.29 is 0 Å². The van der Waals surface area contributed by atoms with Gasteiger partial charge in [0.1, 0.15) is 0 Å². The summed E-state index contributed by atoms with van der Waals surface area (Å²) in [6, 6.07) is 1.64. The zero-order chi connectivity index (χ0) is 11.5. The lowest BCUT2D eigenvalue weighted by molar-refractivity contribution is 0.109. The predicted molar refractivity (Wildman–Crippen MR) is 69.6 cm³/mol. The predicted octanol–water partition coefficient (Wildman–Crippen LogP) is 2.49. The van der Waals surface area contributed by atoms with Crippen molar-refractivity contribution in [3.05, 3.63) is 0 Å². The molecule has 1 saturated heterocycles. The minimum absolute atomic E-state index is 0.781. The van der Waals surface area contributed by atoms with Crippen LogP contribution in [0, 0.1) is 11.8 Å². The molecule has 1 saturated carbocycles. The maximum Gasteiger partial charge on any atom is 0.0258 e. The average Bonchev–Trinajstić information content (AvgIpc) is 2.75. The van der Waals surface area contributed by atoms with Gasteiger partial charge in [-0.05, 0) is 51.1 Å². The van der Waals surface area contributed by atoms with Crippen LogP contribution in [-0.4, -0.2) is 37.1 Å². The van der Waals surface area contributed by atoms with E-state index in [-0.39, 0.29) is 0 Å². The van der Waals surface area contributed by atoms with Crippen molar-refractivity contribution in [2.45, 2.75) is 58.0 Å². The quantitative estimate of drug-likeness (QED) is 0.792. The number of hydrogen-bond acceptors (Lipinski definition) is 2. The molecule has 16 heavy (non-hydrogen) atoms. The van der Waals surface area contributed by atoms with Gasteiger partial charge in [-0.3, -0.25) is 4.90 Å². The number of rotatable bonds is 3. The minimum atomic E-state index is 0.781. The molecule has 0 aromatic rings. The molecular formula is C14H28N2. The lowest BCUT2D eigenvalue weighted by atomic mass is 9.83. The van der Waals surface area contributed by atoms with E-state index in [0.29, 0.717) is 0 Å². The molecule has 2 rings (SSSR count). The van der Waals surface area contributed by atoms with Crippen LogP contribution in [0.1, 0.15) is 46.0 Å². The van der Waals surface area contributed by atoms with Crippen molar-refractivity contribution in [1.29, 1.82) is 0 Å². The Labute approximate surface area is 101 Å². The molecule has 0 spiro atoms. The van der Waals surface area contributed by atoms with Gasteiger partial charge >= 0.3 is 0 Å². The molecular weight excluding hydrogens is 196 g/mol. The summed E-state index contributed by atoms with van der Waals surface area (Å²) in [4.78, 5) is 2.68. The van der Waals surface area contributed by atoms with E-state index >= 15 is 0 Å². The minimum Gasteiger partial charge on any atom is -0.315 e. The van der Waals surface area contributed by atoms with Crippen molar-refractivity contribution in [1.82, 2.24) is 10.2 Å². The smallest absolute Gasteiger partial charge is 0.0258 e. The second kappa shape index (κ2) is 5.50. The van der Waals surface area contributed by atoms with Crippen LogP contribution in [0.15, 0.2) is 0 Å². The normalized spacial score (nSPS) is 40.5. The maximum absolute atomic E-state index is 3.52. The summed E-state index contributed by atoms with van der Waals surface area (Å²) in [5, 5.41) is 3.52. The SMILES string of the molecule is CCC1CCC(N(C)C2CNCC2C)CC1. The number of nitrogens with one attached hydrogen (secondary N) is 1. The highest BCUT2D eigenvalue weighted by Gasteiger charge is 2.32. The first-order valence-corrected chi connectivity index (χ1v) is 7.15. The first-order chi connectivity index (χ1) is 7.72. The van der Waals surface area contributed by atoms with Crippen molar-refractivity contribution in [2.24, 2.45) is 11.8 Å². The molecule has 0 aromatic carbocycles. The summed E-state index contributed by atoms with van der Waals surface area (Å²) in [6.07, 6.45) is 7.16. The average molecular weight is 224 g/mol. The number of nitrogens with zero attached hydrogens (tertiary/aromatic N) is 1. The molecule has 0 radical (unpaired) electrons. The molecule has 0 aromatic heterocycles. The van der Waals surface area contributed by atoms with Gasteiger partial charge in [-0.1, -0.05) is 20.3 Å². The Kier molecular flexibility index (Phi) is 4.26. The van der Waals surface area contributed by atoms with Gasteiger partial charge in [0.25, 0.3) is 0 Å². The summed E-state index contributed by atoms with van der Waals surface area (Å²) < 4.78 is 0. The van der Waals surface area contributed by atoms with Crippen LogP contribution in [-0.2, 0) is 0 Å². The summed E-state index contributed by atoms with van der Waals surface area (Å²) in [7, 11) is 2.35. The lowest BCUT2D eigenvalue weighted by Crippen LogP contribution is -2.45. The van der Waals surface area contributed by atoms with Gasteiger partial charge < -0.3 is 5.32 Å². The van der Waals surface area contributed by atoms with Crippen LogP contribution in [0.2, 0.25) is 0 Å². The van der Waals surface area contributed by atoms with Crippen LogP contribution < -0.4 is 5.32 Å². The van der Waals surface area contributed by atoms with Gasteiger partial charge in [0.2, 0.25) is 0 Å². The molecule has 1 heterocycles. The molecule has 2 aliphatic rings. The van der Waals surface area contributed by atoms with Gasteiger partial charge in [-0.2, -0.15) is 0 Å². The Morgan fingerprint density at radius 3 is 2.31 bits per heavy atom. The van der Waals surface area contributed by atoms with Crippen LogP contribution in [0.3, 0.4) is 0 Å². The van der Waals surface area contributed by atoms with E-state index in [2.05, 4.69) is 31.1 Å². The van der Waals surface area contributed by atoms with E-state index in [1.807, 2.05) is 0 Å². The molecule has 2 unspecified atom stereocenters. The topological polar surface area (TPSA) is 15.3 Å². The Hall–Kier alpha value is -0.0800. The Bertz CT molecular complexity index is 209. The second-order valence-corrected chi connectivity index (χ2v) is 5.95. The molecule has 1 aliphatic heterocycles. The lowest BCUT2D eigenvalue weighted by Gasteiger charge is -2.39. The van der Waals surface area contributed by atoms with Gasteiger partial charge in [-0.25, -0.2) is 0 Å². The van der Waals surface area contributed by atoms with E-state index in [4.69, 9.17) is 0 Å². The zero-order valence-electron chi connectivity index (χ0n) is 11.2. The van der Waals surface area contributed by atoms with Crippen LogP contribution >= 0.6 is 0 Å². The fourth-order valence-corrected chi connectivity index (χ4v) is 3.57. The molecule has 1 N–H and O–H groups in total. The van der Waals surface area contributed by atoms with Crippen LogP contribution in [0.5, 0.6) is 0 Å². The van der Waals surface area contributed by atoms with Gasteiger partial charge in [0.15, 0.2) is 0 Å². The Balaban J connectivity index is 1.83. The number of likely N-dealkylation sites (N-methyl/N-ethyl adjacent to an activating group) is 1. The number of hydrogen-bond donors (Lipinski definition) is 1. The van der Waals surface area contributed by atoms with Gasteiger partial charge in [-0.15, -0.1) is 0 Å². The van der Waals surface area contributed by atoms with Crippen molar-refractivity contribution in [3.8, 4) is 0 Å². The standard InChI is InChI=1S/C14H28N2/c1-4-12-5-7-13(8-6-12)16(3)14-10-15-9-11(14)2/h11-15H,4-10H2,1-3H3. The van der Waals surface area contributed by atoms with Gasteiger partial charge in [0.05, 0.1) is 0 Å². The fraction of sp³-hybridized carbons (Fsp3) is 1.00.